The molecule has 1 N–H and O–H groups in total. The fourth-order valence-corrected chi connectivity index (χ4v) is 3.13. The number of hydrogen-bond acceptors (Lipinski definition) is 1. The lowest BCUT2D eigenvalue weighted by Gasteiger charge is -2.23. The van der Waals surface area contributed by atoms with Gasteiger partial charge in [0.1, 0.15) is 0 Å². The Hall–Kier alpha value is -1.31. The summed E-state index contributed by atoms with van der Waals surface area (Å²) >= 11 is 6.29. The van der Waals surface area contributed by atoms with Crippen LogP contribution in [-0.4, -0.2) is 0 Å². The Morgan fingerprint density at radius 2 is 1.38 bits per heavy atom. The van der Waals surface area contributed by atoms with Gasteiger partial charge in [-0.15, -0.1) is 0 Å². The standard InChI is InChI=1S/C19H24ClN/c1-12-10-14(3)18(11-13(12)2)16(5)21-15(4)17-8-6-7-9-19(17)20/h6-11,15-16,21H,1-5H3/t15-,16?/m1/s1. The molecule has 0 saturated carbocycles. The van der Waals surface area contributed by atoms with Gasteiger partial charge in [-0.2, -0.15) is 0 Å². The Labute approximate surface area is 133 Å². The molecule has 0 heterocycles. The Balaban J connectivity index is 2.20. The second kappa shape index (κ2) is 6.64. The molecule has 1 unspecified atom stereocenters. The van der Waals surface area contributed by atoms with Crippen LogP contribution >= 0.6 is 11.6 Å². The highest BCUT2D eigenvalue weighted by Crippen LogP contribution is 2.27. The molecule has 2 rings (SSSR count). The Morgan fingerprint density at radius 1 is 0.810 bits per heavy atom. The number of hydrogen-bond donors (Lipinski definition) is 1. The van der Waals surface area contributed by atoms with Crippen molar-refractivity contribution in [3.63, 3.8) is 0 Å². The molecule has 2 heteroatoms. The highest BCUT2D eigenvalue weighted by Gasteiger charge is 2.15. The molecule has 2 atom stereocenters. The van der Waals surface area contributed by atoms with E-state index in [-0.39, 0.29) is 12.1 Å². The van der Waals surface area contributed by atoms with E-state index < -0.39 is 0 Å². The molecule has 0 saturated heterocycles. The van der Waals surface area contributed by atoms with Crippen molar-refractivity contribution in [3.8, 4) is 0 Å². The van der Waals surface area contributed by atoms with Crippen LogP contribution in [-0.2, 0) is 0 Å². The van der Waals surface area contributed by atoms with Crippen LogP contribution in [0.25, 0.3) is 0 Å². The molecular weight excluding hydrogens is 278 g/mol. The minimum absolute atomic E-state index is 0.217. The third-order valence-corrected chi connectivity index (χ3v) is 4.56. The van der Waals surface area contributed by atoms with Gasteiger partial charge in [0.05, 0.1) is 0 Å². The van der Waals surface area contributed by atoms with E-state index in [4.69, 9.17) is 11.6 Å². The summed E-state index contributed by atoms with van der Waals surface area (Å²) in [5.41, 5.74) is 6.53. The predicted molar refractivity (Wildman–Crippen MR) is 92.1 cm³/mol. The smallest absolute Gasteiger partial charge is 0.0453 e. The van der Waals surface area contributed by atoms with Gasteiger partial charge in [0, 0.05) is 17.1 Å². The van der Waals surface area contributed by atoms with Gasteiger partial charge in [-0.3, -0.25) is 0 Å². The van der Waals surface area contributed by atoms with Gasteiger partial charge in [-0.25, -0.2) is 0 Å². The molecule has 0 spiro atoms. The molecule has 112 valence electrons. The first-order chi connectivity index (χ1) is 9.90. The summed E-state index contributed by atoms with van der Waals surface area (Å²) < 4.78 is 0. The lowest BCUT2D eigenvalue weighted by Crippen LogP contribution is -2.23. The van der Waals surface area contributed by atoms with E-state index >= 15 is 0 Å². The van der Waals surface area contributed by atoms with Crippen molar-refractivity contribution in [2.75, 3.05) is 0 Å². The monoisotopic (exact) mass is 301 g/mol. The van der Waals surface area contributed by atoms with Crippen molar-refractivity contribution in [1.82, 2.24) is 5.32 Å². The quantitative estimate of drug-likeness (QED) is 0.766. The molecule has 2 aromatic carbocycles. The van der Waals surface area contributed by atoms with Crippen molar-refractivity contribution in [2.45, 2.75) is 46.7 Å². The number of nitrogens with one attached hydrogen (secondary N) is 1. The van der Waals surface area contributed by atoms with Gasteiger partial charge in [0.15, 0.2) is 0 Å². The van der Waals surface area contributed by atoms with E-state index in [1.54, 1.807) is 0 Å². The van der Waals surface area contributed by atoms with Crippen LogP contribution in [0.15, 0.2) is 36.4 Å². The van der Waals surface area contributed by atoms with Crippen LogP contribution in [0.5, 0.6) is 0 Å². The summed E-state index contributed by atoms with van der Waals surface area (Å²) in [5, 5.41) is 4.48. The first-order valence-electron chi connectivity index (χ1n) is 7.48. The van der Waals surface area contributed by atoms with Crippen molar-refractivity contribution in [1.29, 1.82) is 0 Å². The van der Waals surface area contributed by atoms with Crippen LogP contribution in [0.4, 0.5) is 0 Å². The summed E-state index contributed by atoms with van der Waals surface area (Å²) in [6, 6.07) is 13.1. The molecule has 1 nitrogen and oxygen atoms in total. The summed E-state index contributed by atoms with van der Waals surface area (Å²) in [4.78, 5) is 0. The van der Waals surface area contributed by atoms with Crippen LogP contribution in [0.2, 0.25) is 5.02 Å². The average Bonchev–Trinajstić information content (AvgIpc) is 2.43. The minimum atomic E-state index is 0.217. The molecule has 0 aliphatic heterocycles. The highest BCUT2D eigenvalue weighted by molar-refractivity contribution is 6.31. The second-order valence-corrected chi connectivity index (χ2v) is 6.33. The van der Waals surface area contributed by atoms with Crippen LogP contribution < -0.4 is 5.32 Å². The maximum Gasteiger partial charge on any atom is 0.0453 e. The molecule has 0 aromatic heterocycles. The lowest BCUT2D eigenvalue weighted by atomic mass is 9.95. The number of benzene rings is 2. The third kappa shape index (κ3) is 3.66. The fraction of sp³-hybridized carbons (Fsp3) is 0.368. The average molecular weight is 302 g/mol. The van der Waals surface area contributed by atoms with E-state index in [0.717, 1.165) is 10.6 Å². The Bertz CT molecular complexity index is 633. The molecular formula is C19H24ClN. The maximum absolute atomic E-state index is 6.29. The van der Waals surface area contributed by atoms with Crippen LogP contribution in [0, 0.1) is 20.8 Å². The van der Waals surface area contributed by atoms with Crippen molar-refractivity contribution >= 4 is 11.6 Å². The number of halogens is 1. The van der Waals surface area contributed by atoms with Gasteiger partial charge in [0.2, 0.25) is 0 Å². The van der Waals surface area contributed by atoms with Crippen molar-refractivity contribution < 1.29 is 0 Å². The Kier molecular flexibility index (Phi) is 5.08. The molecule has 2 aromatic rings. The van der Waals surface area contributed by atoms with Gasteiger partial charge >= 0.3 is 0 Å². The molecule has 0 fully saturated rings. The zero-order chi connectivity index (χ0) is 15.6. The second-order valence-electron chi connectivity index (χ2n) is 5.92. The van der Waals surface area contributed by atoms with Gasteiger partial charge in [0.25, 0.3) is 0 Å². The van der Waals surface area contributed by atoms with E-state index in [1.165, 1.54) is 22.3 Å². The Morgan fingerprint density at radius 3 is 2.05 bits per heavy atom. The van der Waals surface area contributed by atoms with E-state index in [9.17, 15) is 0 Å². The van der Waals surface area contributed by atoms with Gasteiger partial charge < -0.3 is 5.32 Å². The minimum Gasteiger partial charge on any atom is -0.304 e. The van der Waals surface area contributed by atoms with Crippen LogP contribution in [0.1, 0.15) is 53.7 Å². The van der Waals surface area contributed by atoms with E-state index in [0.29, 0.717) is 0 Å². The number of rotatable bonds is 4. The maximum atomic E-state index is 6.29. The summed E-state index contributed by atoms with van der Waals surface area (Å²) in [5.74, 6) is 0. The highest BCUT2D eigenvalue weighted by atomic mass is 35.5. The summed E-state index contributed by atoms with van der Waals surface area (Å²) in [7, 11) is 0. The largest absolute Gasteiger partial charge is 0.304 e. The SMILES string of the molecule is Cc1cc(C)c(C(C)N[C@H](C)c2ccccc2Cl)cc1C. The molecule has 0 bridgehead atoms. The fourth-order valence-electron chi connectivity index (χ4n) is 2.83. The van der Waals surface area contributed by atoms with Crippen molar-refractivity contribution in [3.05, 3.63) is 69.2 Å². The number of aryl methyl sites for hydroxylation is 3. The topological polar surface area (TPSA) is 12.0 Å². The van der Waals surface area contributed by atoms with Crippen LogP contribution in [0.3, 0.4) is 0 Å². The normalized spacial score (nSPS) is 14.0. The summed E-state index contributed by atoms with van der Waals surface area (Å²) in [6.07, 6.45) is 0. The first kappa shape index (κ1) is 16.1. The molecule has 0 aliphatic rings. The van der Waals surface area contributed by atoms with Gasteiger partial charge in [-0.05, 0) is 68.5 Å². The molecule has 0 radical (unpaired) electrons. The molecule has 21 heavy (non-hydrogen) atoms. The third-order valence-electron chi connectivity index (χ3n) is 4.22. The van der Waals surface area contributed by atoms with E-state index in [2.05, 4.69) is 58.1 Å². The zero-order valence-electron chi connectivity index (χ0n) is 13.5. The first-order valence-corrected chi connectivity index (χ1v) is 7.86. The summed E-state index contributed by atoms with van der Waals surface area (Å²) in [6.45, 7) is 10.9. The predicted octanol–water partition coefficient (Wildman–Crippen LogP) is 5.68. The zero-order valence-corrected chi connectivity index (χ0v) is 14.3. The lowest BCUT2D eigenvalue weighted by molar-refractivity contribution is 0.493. The van der Waals surface area contributed by atoms with E-state index in [1.807, 2.05) is 18.2 Å². The molecule has 0 amide bonds. The van der Waals surface area contributed by atoms with Gasteiger partial charge in [-0.1, -0.05) is 41.9 Å². The van der Waals surface area contributed by atoms with Crippen molar-refractivity contribution in [2.24, 2.45) is 0 Å². The molecule has 0 aliphatic carbocycles.